The molecule has 3 nitrogen and oxygen atoms in total. The molecule has 0 radical (unpaired) electrons. The molecule has 0 spiro atoms. The fraction of sp³-hybridized carbons (Fsp3) is 0.333. The predicted octanol–water partition coefficient (Wildman–Crippen LogP) is 3.75. The number of hydrogen-bond acceptors (Lipinski definition) is 2. The Morgan fingerprint density at radius 3 is 2.29 bits per heavy atom. The van der Waals surface area contributed by atoms with Crippen LogP contribution in [0.2, 0.25) is 0 Å². The van der Waals surface area contributed by atoms with E-state index in [4.69, 9.17) is 0 Å². The fourth-order valence-corrected chi connectivity index (χ4v) is 1.90. The van der Waals surface area contributed by atoms with Gasteiger partial charge >= 0.3 is 6.18 Å². The predicted molar refractivity (Wildman–Crippen MR) is 74.0 cm³/mol. The number of aromatic nitrogens is 2. The van der Waals surface area contributed by atoms with Gasteiger partial charge in [0.15, 0.2) is 0 Å². The number of halogens is 3. The maximum atomic E-state index is 13.1. The zero-order chi connectivity index (χ0) is 15.8. The third kappa shape index (κ3) is 3.32. The molecule has 0 aliphatic rings. The summed E-state index contributed by atoms with van der Waals surface area (Å²) in [6, 6.07) is 6.18. The Morgan fingerprint density at radius 2 is 1.71 bits per heavy atom. The van der Waals surface area contributed by atoms with Crippen LogP contribution in [0, 0.1) is 0 Å². The van der Waals surface area contributed by atoms with Crippen LogP contribution in [0.4, 0.5) is 13.2 Å². The molecule has 0 fully saturated rings. The van der Waals surface area contributed by atoms with Crippen molar-refractivity contribution in [2.75, 3.05) is 0 Å². The maximum Gasteiger partial charge on any atom is 0.417 e. The van der Waals surface area contributed by atoms with Gasteiger partial charge in [-0.1, -0.05) is 39.0 Å². The standard InChI is InChI=1S/C15H15F3N2O/c1-14(2,3)13-19-11(8-12(21)20-13)9-6-4-5-7-10(9)15(16,17)18/h4-8H,1-3H3,(H,19,20,21). The fourth-order valence-electron chi connectivity index (χ4n) is 1.90. The summed E-state index contributed by atoms with van der Waals surface area (Å²) >= 11 is 0. The molecule has 2 rings (SSSR count). The van der Waals surface area contributed by atoms with Gasteiger partial charge in [0.05, 0.1) is 11.3 Å². The highest BCUT2D eigenvalue weighted by atomic mass is 19.4. The Morgan fingerprint density at radius 1 is 1.10 bits per heavy atom. The van der Waals surface area contributed by atoms with Crippen LogP contribution < -0.4 is 5.56 Å². The molecule has 0 amide bonds. The first-order chi connectivity index (χ1) is 9.59. The first kappa shape index (κ1) is 15.3. The highest BCUT2D eigenvalue weighted by molar-refractivity contribution is 5.64. The first-order valence-electron chi connectivity index (χ1n) is 6.37. The van der Waals surface area contributed by atoms with Crippen molar-refractivity contribution >= 4 is 0 Å². The van der Waals surface area contributed by atoms with Gasteiger partial charge < -0.3 is 4.98 Å². The van der Waals surface area contributed by atoms with Gasteiger partial charge in [-0.25, -0.2) is 4.98 Å². The summed E-state index contributed by atoms with van der Waals surface area (Å²) in [6.45, 7) is 5.47. The highest BCUT2D eigenvalue weighted by Crippen LogP contribution is 2.36. The summed E-state index contributed by atoms with van der Waals surface area (Å²) in [5, 5.41) is 0. The smallest absolute Gasteiger partial charge is 0.310 e. The molecule has 1 heterocycles. The lowest BCUT2D eigenvalue weighted by Crippen LogP contribution is -2.22. The molecule has 0 atom stereocenters. The van der Waals surface area contributed by atoms with Crippen LogP contribution in [-0.4, -0.2) is 9.97 Å². The number of hydrogen-bond donors (Lipinski definition) is 1. The minimum absolute atomic E-state index is 0.0246. The molecule has 0 aliphatic carbocycles. The van der Waals surface area contributed by atoms with Gasteiger partial charge in [0, 0.05) is 17.0 Å². The number of nitrogens with zero attached hydrogens (tertiary/aromatic N) is 1. The topological polar surface area (TPSA) is 45.8 Å². The molecule has 1 N–H and O–H groups in total. The van der Waals surface area contributed by atoms with Crippen molar-refractivity contribution in [3.63, 3.8) is 0 Å². The van der Waals surface area contributed by atoms with Crippen LogP contribution >= 0.6 is 0 Å². The van der Waals surface area contributed by atoms with Crippen LogP contribution in [0.15, 0.2) is 35.1 Å². The van der Waals surface area contributed by atoms with Crippen molar-refractivity contribution in [2.24, 2.45) is 0 Å². The molecular formula is C15H15F3N2O. The monoisotopic (exact) mass is 296 g/mol. The van der Waals surface area contributed by atoms with E-state index in [9.17, 15) is 18.0 Å². The molecule has 1 aromatic carbocycles. The average Bonchev–Trinajstić information content (AvgIpc) is 2.36. The first-order valence-corrected chi connectivity index (χ1v) is 6.37. The lowest BCUT2D eigenvalue weighted by Gasteiger charge is -2.18. The van der Waals surface area contributed by atoms with E-state index in [-0.39, 0.29) is 11.3 Å². The number of aromatic amines is 1. The quantitative estimate of drug-likeness (QED) is 0.871. The van der Waals surface area contributed by atoms with Crippen molar-refractivity contribution in [2.45, 2.75) is 32.4 Å². The van der Waals surface area contributed by atoms with Crippen molar-refractivity contribution in [3.8, 4) is 11.3 Å². The molecule has 0 bridgehead atoms. The summed E-state index contributed by atoms with van der Waals surface area (Å²) in [5.74, 6) is 0.349. The number of benzene rings is 1. The van der Waals surface area contributed by atoms with E-state index in [1.807, 2.05) is 20.8 Å². The molecule has 0 unspecified atom stereocenters. The van der Waals surface area contributed by atoms with Crippen LogP contribution in [0.3, 0.4) is 0 Å². The minimum Gasteiger partial charge on any atom is -0.310 e. The van der Waals surface area contributed by atoms with E-state index in [2.05, 4.69) is 9.97 Å². The molecule has 0 aliphatic heterocycles. The van der Waals surface area contributed by atoms with Crippen molar-refractivity contribution in [3.05, 3.63) is 52.1 Å². The van der Waals surface area contributed by atoms with Crippen molar-refractivity contribution < 1.29 is 13.2 Å². The normalized spacial score (nSPS) is 12.5. The minimum atomic E-state index is -4.50. The number of alkyl halides is 3. The van der Waals surface area contributed by atoms with Crippen LogP contribution in [0.5, 0.6) is 0 Å². The zero-order valence-corrected chi connectivity index (χ0v) is 11.9. The molecule has 6 heteroatoms. The summed E-state index contributed by atoms with van der Waals surface area (Å²) < 4.78 is 39.2. The van der Waals surface area contributed by atoms with E-state index in [1.165, 1.54) is 18.2 Å². The Bertz CT molecular complexity index is 712. The molecule has 112 valence electrons. The summed E-state index contributed by atoms with van der Waals surface area (Å²) in [5.41, 5.74) is -1.81. The van der Waals surface area contributed by atoms with E-state index in [1.54, 1.807) is 0 Å². The number of H-pyrrole nitrogens is 1. The Balaban J connectivity index is 2.69. The van der Waals surface area contributed by atoms with Crippen molar-refractivity contribution in [1.29, 1.82) is 0 Å². The maximum absolute atomic E-state index is 13.1. The third-order valence-corrected chi connectivity index (χ3v) is 2.96. The Hall–Kier alpha value is -2.11. The Kier molecular flexibility index (Phi) is 3.65. The van der Waals surface area contributed by atoms with Crippen molar-refractivity contribution in [1.82, 2.24) is 9.97 Å². The van der Waals surface area contributed by atoms with E-state index in [0.717, 1.165) is 12.1 Å². The summed E-state index contributed by atoms with van der Waals surface area (Å²) in [7, 11) is 0. The third-order valence-electron chi connectivity index (χ3n) is 2.96. The lowest BCUT2D eigenvalue weighted by molar-refractivity contribution is -0.137. The van der Waals surface area contributed by atoms with Gasteiger partial charge in [-0.15, -0.1) is 0 Å². The van der Waals surface area contributed by atoms with Gasteiger partial charge in [0.1, 0.15) is 5.82 Å². The molecule has 1 aromatic heterocycles. The second kappa shape index (κ2) is 5.02. The molecule has 21 heavy (non-hydrogen) atoms. The van der Waals surface area contributed by atoms with Gasteiger partial charge in [0.2, 0.25) is 0 Å². The number of rotatable bonds is 1. The molecular weight excluding hydrogens is 281 g/mol. The molecule has 2 aromatic rings. The van der Waals surface area contributed by atoms with E-state index in [0.29, 0.717) is 5.82 Å². The zero-order valence-electron chi connectivity index (χ0n) is 11.9. The van der Waals surface area contributed by atoms with E-state index >= 15 is 0 Å². The molecule has 0 saturated heterocycles. The lowest BCUT2D eigenvalue weighted by atomic mass is 9.95. The summed E-state index contributed by atoms with van der Waals surface area (Å²) in [6.07, 6.45) is -4.50. The van der Waals surface area contributed by atoms with Crippen LogP contribution in [0.25, 0.3) is 11.3 Å². The average molecular weight is 296 g/mol. The van der Waals surface area contributed by atoms with Gasteiger partial charge in [-0.2, -0.15) is 13.2 Å². The van der Waals surface area contributed by atoms with Crippen LogP contribution in [0.1, 0.15) is 32.2 Å². The number of nitrogens with one attached hydrogen (secondary N) is 1. The summed E-state index contributed by atoms with van der Waals surface area (Å²) in [4.78, 5) is 18.5. The highest BCUT2D eigenvalue weighted by Gasteiger charge is 2.34. The largest absolute Gasteiger partial charge is 0.417 e. The van der Waals surface area contributed by atoms with Gasteiger partial charge in [-0.3, -0.25) is 4.79 Å². The van der Waals surface area contributed by atoms with Gasteiger partial charge in [0.25, 0.3) is 5.56 Å². The second-order valence-corrected chi connectivity index (χ2v) is 5.77. The Labute approximate surface area is 119 Å². The van der Waals surface area contributed by atoms with Gasteiger partial charge in [-0.05, 0) is 6.07 Å². The van der Waals surface area contributed by atoms with Crippen LogP contribution in [-0.2, 0) is 11.6 Å². The molecule has 0 saturated carbocycles. The second-order valence-electron chi connectivity index (χ2n) is 5.77. The van der Waals surface area contributed by atoms with E-state index < -0.39 is 22.7 Å². The SMILES string of the molecule is CC(C)(C)c1nc(-c2ccccc2C(F)(F)F)cc(=O)[nH]1.